The van der Waals surface area contributed by atoms with E-state index in [1.54, 1.807) is 37.4 Å². The molecule has 3 aromatic carbocycles. The van der Waals surface area contributed by atoms with Crippen molar-refractivity contribution in [2.75, 3.05) is 23.3 Å². The van der Waals surface area contributed by atoms with E-state index in [1.165, 1.54) is 35.1 Å². The Kier molecular flexibility index (Phi) is 8.02. The molecular weight excluding hydrogens is 514 g/mol. The molecule has 2 heterocycles. The summed E-state index contributed by atoms with van der Waals surface area (Å²) in [6.07, 6.45) is 2.77. The minimum absolute atomic E-state index is 0.0128. The molecule has 0 bridgehead atoms. The molecule has 2 N–H and O–H groups in total. The number of hydrogen-bond donors (Lipinski definition) is 2. The molecule has 0 unspecified atom stereocenters. The number of aliphatic hydroxyl groups is 1. The number of carbonyl (C=O) groups excluding carboxylic acids is 2. The van der Waals surface area contributed by atoms with Gasteiger partial charge in [-0.3, -0.25) is 14.3 Å². The van der Waals surface area contributed by atoms with Crippen LogP contribution < -0.4 is 10.2 Å². The van der Waals surface area contributed by atoms with Gasteiger partial charge < -0.3 is 15.3 Å². The van der Waals surface area contributed by atoms with Crippen molar-refractivity contribution < 1.29 is 23.5 Å². The molecule has 0 amide bonds. The fourth-order valence-electron chi connectivity index (χ4n) is 4.88. The third kappa shape index (κ3) is 6.26. The summed E-state index contributed by atoms with van der Waals surface area (Å²) >= 11 is 0. The van der Waals surface area contributed by atoms with Crippen LogP contribution in [0.2, 0.25) is 0 Å². The lowest BCUT2D eigenvalue weighted by molar-refractivity contribution is 0.0979. The van der Waals surface area contributed by atoms with E-state index in [0.717, 1.165) is 31.6 Å². The Morgan fingerprint density at radius 2 is 1.45 bits per heavy atom. The van der Waals surface area contributed by atoms with Gasteiger partial charge in [-0.05, 0) is 78.6 Å². The Labute approximate surface area is 231 Å². The van der Waals surface area contributed by atoms with Gasteiger partial charge in [-0.15, -0.1) is 0 Å². The number of nitrogens with zero attached hydrogens (tertiary/aromatic N) is 3. The van der Waals surface area contributed by atoms with Crippen molar-refractivity contribution in [3.63, 3.8) is 0 Å². The van der Waals surface area contributed by atoms with Gasteiger partial charge in [-0.25, -0.2) is 8.78 Å². The molecule has 7 nitrogen and oxygen atoms in total. The van der Waals surface area contributed by atoms with Crippen LogP contribution in [-0.4, -0.2) is 45.6 Å². The maximum absolute atomic E-state index is 14.9. The first-order valence-electron chi connectivity index (χ1n) is 13.2. The number of piperidine rings is 1. The van der Waals surface area contributed by atoms with Gasteiger partial charge >= 0.3 is 0 Å². The molecule has 1 fully saturated rings. The third-order valence-corrected chi connectivity index (χ3v) is 7.19. The molecular formula is C31H30F2N4O3. The number of nitrogens with one attached hydrogen (secondary N) is 1. The van der Waals surface area contributed by atoms with Crippen LogP contribution in [0.4, 0.5) is 25.8 Å². The topological polar surface area (TPSA) is 87.5 Å². The molecule has 1 aliphatic rings. The Bertz CT molecular complexity index is 1530. The summed E-state index contributed by atoms with van der Waals surface area (Å²) in [6, 6.07) is 17.7. The van der Waals surface area contributed by atoms with Crippen molar-refractivity contribution in [1.29, 1.82) is 0 Å². The van der Waals surface area contributed by atoms with E-state index < -0.39 is 11.6 Å². The van der Waals surface area contributed by atoms with Crippen LogP contribution in [0.1, 0.15) is 44.8 Å². The summed E-state index contributed by atoms with van der Waals surface area (Å²) < 4.78 is 31.1. The summed E-state index contributed by atoms with van der Waals surface area (Å²) in [4.78, 5) is 27.4. The van der Waals surface area contributed by atoms with E-state index in [-0.39, 0.29) is 41.9 Å². The summed E-state index contributed by atoms with van der Waals surface area (Å²) in [5.74, 6) is -1.54. The molecule has 1 aliphatic heterocycles. The van der Waals surface area contributed by atoms with E-state index in [4.69, 9.17) is 0 Å². The normalized spacial score (nSPS) is 13.8. The van der Waals surface area contributed by atoms with Crippen LogP contribution in [0, 0.1) is 11.6 Å². The van der Waals surface area contributed by atoms with Gasteiger partial charge in [0.2, 0.25) is 0 Å². The molecule has 1 aromatic heterocycles. The predicted octanol–water partition coefficient (Wildman–Crippen LogP) is 5.25. The predicted molar refractivity (Wildman–Crippen MR) is 149 cm³/mol. The lowest BCUT2D eigenvalue weighted by atomic mass is 10.0. The number of hydrogen-bond acceptors (Lipinski definition) is 6. The van der Waals surface area contributed by atoms with Crippen LogP contribution in [-0.2, 0) is 19.9 Å². The van der Waals surface area contributed by atoms with E-state index in [2.05, 4.69) is 15.3 Å². The molecule has 0 radical (unpaired) electrons. The van der Waals surface area contributed by atoms with E-state index in [9.17, 15) is 23.5 Å². The number of anilines is 3. The monoisotopic (exact) mass is 544 g/mol. The second-order valence-corrected chi connectivity index (χ2v) is 10.1. The molecule has 0 spiro atoms. The first-order chi connectivity index (χ1) is 19.3. The standard InChI is InChI=1S/C31H30F2N4O3/c1-36-29(10-13-34-36)31(40)19-21-3-9-28(26(33)17-21)35-27-8-2-20(16-25(27)32)18-30(39)22-4-6-23(7-5-22)37-14-11-24(38)12-15-37/h2-10,13,16-17,24,35,38H,11-12,14-15,18-19H2,1H3. The summed E-state index contributed by atoms with van der Waals surface area (Å²) in [5.41, 5.74) is 3.11. The van der Waals surface area contributed by atoms with Crippen molar-refractivity contribution in [2.24, 2.45) is 7.05 Å². The van der Waals surface area contributed by atoms with Crippen LogP contribution in [0.25, 0.3) is 0 Å². The molecule has 1 saturated heterocycles. The number of benzene rings is 3. The first-order valence-corrected chi connectivity index (χ1v) is 13.2. The number of aryl methyl sites for hydroxylation is 1. The minimum Gasteiger partial charge on any atom is -0.393 e. The van der Waals surface area contributed by atoms with Crippen LogP contribution >= 0.6 is 0 Å². The van der Waals surface area contributed by atoms with E-state index >= 15 is 0 Å². The summed E-state index contributed by atoms with van der Waals surface area (Å²) in [6.45, 7) is 1.54. The van der Waals surface area contributed by atoms with E-state index in [1.807, 2.05) is 12.1 Å². The number of rotatable bonds is 9. The Morgan fingerprint density at radius 3 is 1.98 bits per heavy atom. The zero-order chi connectivity index (χ0) is 28.2. The smallest absolute Gasteiger partial charge is 0.185 e. The number of ketones is 2. The van der Waals surface area contributed by atoms with Crippen molar-refractivity contribution in [3.05, 3.63) is 107 Å². The molecule has 0 saturated carbocycles. The number of aliphatic hydroxyl groups excluding tert-OH is 1. The highest BCUT2D eigenvalue weighted by Gasteiger charge is 2.18. The fourth-order valence-corrected chi connectivity index (χ4v) is 4.88. The molecule has 0 atom stereocenters. The molecule has 206 valence electrons. The maximum Gasteiger partial charge on any atom is 0.185 e. The number of halogens is 2. The molecule has 9 heteroatoms. The lowest BCUT2D eigenvalue weighted by Crippen LogP contribution is -2.35. The average Bonchev–Trinajstić information content (AvgIpc) is 3.38. The third-order valence-electron chi connectivity index (χ3n) is 7.19. The number of aromatic nitrogens is 2. The zero-order valence-corrected chi connectivity index (χ0v) is 22.1. The summed E-state index contributed by atoms with van der Waals surface area (Å²) in [5, 5.41) is 16.4. The lowest BCUT2D eigenvalue weighted by Gasteiger charge is -2.31. The molecule has 5 rings (SSSR count). The molecule has 40 heavy (non-hydrogen) atoms. The quantitative estimate of drug-likeness (QED) is 0.280. The highest BCUT2D eigenvalue weighted by atomic mass is 19.1. The highest BCUT2D eigenvalue weighted by Crippen LogP contribution is 2.26. The van der Waals surface area contributed by atoms with Crippen molar-refractivity contribution in [1.82, 2.24) is 9.78 Å². The second-order valence-electron chi connectivity index (χ2n) is 10.1. The SMILES string of the molecule is Cn1nccc1C(=O)Cc1ccc(Nc2ccc(CC(=O)c3ccc(N4CCC(O)CC4)cc3)cc2F)c(F)c1. The fraction of sp³-hybridized carbons (Fsp3) is 0.258. The Balaban J connectivity index is 1.19. The minimum atomic E-state index is -0.613. The van der Waals surface area contributed by atoms with Crippen LogP contribution in [0.3, 0.4) is 0 Å². The first kappa shape index (κ1) is 27.2. The van der Waals surface area contributed by atoms with Crippen molar-refractivity contribution >= 4 is 28.6 Å². The largest absolute Gasteiger partial charge is 0.393 e. The van der Waals surface area contributed by atoms with Gasteiger partial charge in [0, 0.05) is 50.4 Å². The molecule has 0 aliphatic carbocycles. The number of Topliss-reactive ketones (excluding diaryl/α,β-unsaturated/α-hetero) is 2. The van der Waals surface area contributed by atoms with E-state index in [0.29, 0.717) is 22.4 Å². The van der Waals surface area contributed by atoms with Gasteiger partial charge in [-0.1, -0.05) is 12.1 Å². The van der Waals surface area contributed by atoms with Gasteiger partial charge in [0.15, 0.2) is 11.6 Å². The van der Waals surface area contributed by atoms with Crippen molar-refractivity contribution in [2.45, 2.75) is 31.8 Å². The Morgan fingerprint density at radius 1 is 0.875 bits per heavy atom. The van der Waals surface area contributed by atoms with Crippen LogP contribution in [0.15, 0.2) is 72.9 Å². The van der Waals surface area contributed by atoms with Gasteiger partial charge in [0.25, 0.3) is 0 Å². The molecule has 4 aromatic rings. The van der Waals surface area contributed by atoms with Gasteiger partial charge in [0.05, 0.1) is 17.5 Å². The highest BCUT2D eigenvalue weighted by molar-refractivity contribution is 5.98. The average molecular weight is 545 g/mol. The Hall–Kier alpha value is -4.37. The second kappa shape index (κ2) is 11.8. The summed E-state index contributed by atoms with van der Waals surface area (Å²) in [7, 11) is 1.66. The number of carbonyl (C=O) groups is 2. The van der Waals surface area contributed by atoms with Crippen LogP contribution in [0.5, 0.6) is 0 Å². The van der Waals surface area contributed by atoms with Gasteiger partial charge in [0.1, 0.15) is 17.3 Å². The maximum atomic E-state index is 14.9. The van der Waals surface area contributed by atoms with Gasteiger partial charge in [-0.2, -0.15) is 5.10 Å². The zero-order valence-electron chi connectivity index (χ0n) is 22.1. The van der Waals surface area contributed by atoms with Crippen molar-refractivity contribution in [3.8, 4) is 0 Å².